The molecular weight excluding hydrogens is 646 g/mol. The number of nitrogens with zero attached hydrogens (tertiary/aromatic N) is 5. The van der Waals surface area contributed by atoms with E-state index in [-0.39, 0.29) is 42.8 Å². The van der Waals surface area contributed by atoms with Crippen LogP contribution in [0.1, 0.15) is 69.9 Å². The Morgan fingerprint density at radius 2 is 1.56 bits per heavy atom. The van der Waals surface area contributed by atoms with E-state index in [4.69, 9.17) is 34.7 Å². The normalized spacial score (nSPS) is 19.0. The number of hydrogen-bond acceptors (Lipinski definition) is 10. The van der Waals surface area contributed by atoms with Crippen LogP contribution < -0.4 is 16.2 Å². The Hall–Kier alpha value is -4.63. The third-order valence-electron chi connectivity index (χ3n) is 9.33. The Balaban J connectivity index is 0.000000681. The molecule has 15 nitrogen and oxygen atoms in total. The summed E-state index contributed by atoms with van der Waals surface area (Å²) in [5, 5.41) is 29.7. The van der Waals surface area contributed by atoms with Crippen molar-refractivity contribution in [1.29, 1.82) is 0 Å². The lowest BCUT2D eigenvalue weighted by atomic mass is 9.85. The second-order valence-electron chi connectivity index (χ2n) is 12.9. The topological polar surface area (TPSA) is 207 Å². The van der Waals surface area contributed by atoms with Gasteiger partial charge in [-0.2, -0.15) is 4.98 Å². The van der Waals surface area contributed by atoms with Crippen molar-refractivity contribution in [2.45, 2.75) is 70.9 Å². The number of rotatable bonds is 10. The van der Waals surface area contributed by atoms with Gasteiger partial charge in [-0.3, -0.25) is 33.4 Å². The number of aromatic nitrogens is 3. The van der Waals surface area contributed by atoms with E-state index in [1.54, 1.807) is 0 Å². The van der Waals surface area contributed by atoms with Gasteiger partial charge in [-0.25, -0.2) is 4.98 Å². The minimum Gasteiger partial charge on any atom is -0.483 e. The van der Waals surface area contributed by atoms with Crippen LogP contribution in [0.25, 0.3) is 21.8 Å². The molecule has 2 saturated carbocycles. The molecule has 0 radical (unpaired) electrons. The van der Waals surface area contributed by atoms with E-state index in [1.807, 2.05) is 10.8 Å². The van der Waals surface area contributed by atoms with Crippen molar-refractivity contribution >= 4 is 53.1 Å². The van der Waals surface area contributed by atoms with Gasteiger partial charge in [0.05, 0.1) is 0 Å². The minimum atomic E-state index is -0.250. The highest BCUT2D eigenvalue weighted by Gasteiger charge is 2.31. The van der Waals surface area contributed by atoms with Gasteiger partial charge in [-0.05, 0) is 74.9 Å². The number of carbonyl (C=O) groups is 4. The zero-order chi connectivity index (χ0) is 36.5. The second kappa shape index (κ2) is 20.8. The zero-order valence-corrected chi connectivity index (χ0v) is 29.0. The van der Waals surface area contributed by atoms with Crippen molar-refractivity contribution in [2.24, 2.45) is 11.8 Å². The average Bonchev–Trinajstić information content (AvgIpc) is 3.95. The molecule has 1 amide bonds. The molecular formula is C35H51N7O8. The SMILES string of the molecule is CCCCNc1ncc2c3ccc(CN4CCN(C)CC4)cc3c(=O)n(C3CCC(C(=O)NCC4CC4)CC3)c2n1.O=CO.O=CO.O=CO. The highest BCUT2D eigenvalue weighted by molar-refractivity contribution is 6.04. The molecule has 1 saturated heterocycles. The summed E-state index contributed by atoms with van der Waals surface area (Å²) in [6.45, 7) is 8.08. The number of carboxylic acid groups (broad SMARTS) is 3. The van der Waals surface area contributed by atoms with Crippen molar-refractivity contribution < 1.29 is 34.5 Å². The van der Waals surface area contributed by atoms with Crippen LogP contribution in [-0.4, -0.2) is 111 Å². The molecule has 3 heterocycles. The first-order valence-corrected chi connectivity index (χ1v) is 17.2. The van der Waals surface area contributed by atoms with E-state index in [0.29, 0.717) is 17.5 Å². The van der Waals surface area contributed by atoms with E-state index < -0.39 is 0 Å². The van der Waals surface area contributed by atoms with Crippen LogP contribution in [0.4, 0.5) is 5.95 Å². The number of anilines is 1. The molecule has 3 fully saturated rings. The largest absolute Gasteiger partial charge is 0.483 e. The molecule has 5 N–H and O–H groups in total. The Labute approximate surface area is 291 Å². The molecule has 15 heteroatoms. The maximum absolute atomic E-state index is 14.3. The maximum atomic E-state index is 14.3. The zero-order valence-electron chi connectivity index (χ0n) is 29.0. The van der Waals surface area contributed by atoms with Gasteiger partial charge in [0.2, 0.25) is 11.9 Å². The molecule has 6 rings (SSSR count). The molecule has 0 unspecified atom stereocenters. The summed E-state index contributed by atoms with van der Waals surface area (Å²) < 4.78 is 1.93. The van der Waals surface area contributed by atoms with Gasteiger partial charge in [0.25, 0.3) is 25.0 Å². The van der Waals surface area contributed by atoms with Gasteiger partial charge >= 0.3 is 0 Å². The highest BCUT2D eigenvalue weighted by Crippen LogP contribution is 2.35. The van der Waals surface area contributed by atoms with Crippen molar-refractivity contribution in [3.63, 3.8) is 0 Å². The summed E-state index contributed by atoms with van der Waals surface area (Å²) in [6.07, 6.45) is 9.66. The lowest BCUT2D eigenvalue weighted by Crippen LogP contribution is -2.43. The fourth-order valence-electron chi connectivity index (χ4n) is 6.45. The van der Waals surface area contributed by atoms with Crippen LogP contribution >= 0.6 is 0 Å². The third-order valence-corrected chi connectivity index (χ3v) is 9.33. The molecule has 0 atom stereocenters. The van der Waals surface area contributed by atoms with Crippen molar-refractivity contribution in [3.05, 3.63) is 40.3 Å². The predicted octanol–water partition coefficient (Wildman–Crippen LogP) is 3.26. The molecule has 1 aromatic carbocycles. The number of amides is 1. The summed E-state index contributed by atoms with van der Waals surface area (Å²) in [7, 11) is 2.17. The first-order valence-electron chi connectivity index (χ1n) is 17.2. The first kappa shape index (κ1) is 39.8. The van der Waals surface area contributed by atoms with Gasteiger partial charge < -0.3 is 30.9 Å². The van der Waals surface area contributed by atoms with Crippen LogP contribution in [0.3, 0.4) is 0 Å². The van der Waals surface area contributed by atoms with Crippen LogP contribution in [0.2, 0.25) is 0 Å². The second-order valence-corrected chi connectivity index (χ2v) is 12.9. The third kappa shape index (κ3) is 11.5. The molecule has 0 bridgehead atoms. The Bertz CT molecular complexity index is 1580. The molecule has 274 valence electrons. The van der Waals surface area contributed by atoms with Crippen LogP contribution in [0.15, 0.2) is 29.2 Å². The monoisotopic (exact) mass is 697 g/mol. The van der Waals surface area contributed by atoms with Gasteiger partial charge in [-0.1, -0.05) is 25.5 Å². The Morgan fingerprint density at radius 1 is 0.920 bits per heavy atom. The predicted molar refractivity (Wildman–Crippen MR) is 190 cm³/mol. The van der Waals surface area contributed by atoms with Crippen molar-refractivity contribution in [2.75, 3.05) is 51.6 Å². The number of fused-ring (bicyclic) bond motifs is 3. The standard InChI is InChI=1S/C32H45N7O2.3CH2O2/c1-3-4-13-33-32-35-20-28-26-12-7-23(21-38-16-14-37(2)15-17-38)18-27(26)31(41)39(29(28)36-32)25-10-8-24(9-11-25)30(40)34-19-22-5-6-22;3*2-1-3/h7,12,18,20,22,24-25H,3-6,8-11,13-17,19,21H2,1-2H3,(H,34,40)(H,33,35,36);3*1H,(H,2,3). The molecule has 2 aromatic heterocycles. The fraction of sp³-hybridized carbons (Fsp3) is 0.571. The highest BCUT2D eigenvalue weighted by atomic mass is 16.4. The number of piperazine rings is 1. The Morgan fingerprint density at radius 3 is 2.16 bits per heavy atom. The van der Waals surface area contributed by atoms with E-state index in [1.165, 1.54) is 18.4 Å². The number of pyridine rings is 1. The molecule has 1 aliphatic heterocycles. The van der Waals surface area contributed by atoms with Gasteiger partial charge in [0.1, 0.15) is 5.65 Å². The van der Waals surface area contributed by atoms with Gasteiger partial charge in [-0.15, -0.1) is 0 Å². The van der Waals surface area contributed by atoms with E-state index in [2.05, 4.69) is 57.6 Å². The average molecular weight is 698 g/mol. The summed E-state index contributed by atoms with van der Waals surface area (Å²) in [4.78, 5) is 66.5. The van der Waals surface area contributed by atoms with Crippen LogP contribution in [0, 0.1) is 11.8 Å². The van der Waals surface area contributed by atoms with E-state index in [9.17, 15) is 9.59 Å². The minimum absolute atomic E-state index is 0.0153. The summed E-state index contributed by atoms with van der Waals surface area (Å²) in [5.41, 5.74) is 1.89. The quantitative estimate of drug-likeness (QED) is 0.117. The number of hydrogen-bond donors (Lipinski definition) is 5. The molecule has 3 aliphatic rings. The molecule has 2 aliphatic carbocycles. The van der Waals surface area contributed by atoms with Crippen molar-refractivity contribution in [1.82, 2.24) is 29.7 Å². The van der Waals surface area contributed by atoms with E-state index >= 15 is 0 Å². The van der Waals surface area contributed by atoms with Gasteiger partial charge in [0.15, 0.2) is 0 Å². The number of unbranched alkanes of at least 4 members (excludes halogenated alkanes) is 1. The van der Waals surface area contributed by atoms with Crippen LogP contribution in [0.5, 0.6) is 0 Å². The molecule has 3 aromatic rings. The van der Waals surface area contributed by atoms with Crippen molar-refractivity contribution in [3.8, 4) is 0 Å². The smallest absolute Gasteiger partial charge is 0.290 e. The molecule has 0 spiro atoms. The number of likely N-dealkylation sites (N-methyl/N-ethyl adjacent to an activating group) is 1. The lowest BCUT2D eigenvalue weighted by Gasteiger charge is -2.32. The summed E-state index contributed by atoms with van der Waals surface area (Å²) in [6, 6.07) is 6.35. The summed E-state index contributed by atoms with van der Waals surface area (Å²) >= 11 is 0. The number of nitrogens with one attached hydrogen (secondary N) is 2. The lowest BCUT2D eigenvalue weighted by molar-refractivity contribution is -0.126. The first-order chi connectivity index (χ1) is 24.2. The molecule has 50 heavy (non-hydrogen) atoms. The Kier molecular flexibility index (Phi) is 16.5. The fourth-order valence-corrected chi connectivity index (χ4v) is 6.45. The number of benzene rings is 1. The maximum Gasteiger partial charge on any atom is 0.290 e. The van der Waals surface area contributed by atoms with Gasteiger partial charge in [0, 0.05) is 74.7 Å². The number of carbonyl (C=O) groups excluding carboxylic acids is 1. The van der Waals surface area contributed by atoms with Crippen LogP contribution in [-0.2, 0) is 25.7 Å². The van der Waals surface area contributed by atoms with E-state index in [0.717, 1.165) is 100 Å². The summed E-state index contributed by atoms with van der Waals surface area (Å²) in [5.74, 6) is 1.46.